The number of rotatable bonds is 9. The Hall–Kier alpha value is -2.39. The molecule has 30 heavy (non-hydrogen) atoms. The normalized spacial score (nSPS) is 12.6. The molecular weight excluding hydrogens is 420 g/mol. The van der Waals surface area contributed by atoms with E-state index in [1.54, 1.807) is 19.1 Å². The van der Waals surface area contributed by atoms with E-state index in [0.717, 1.165) is 15.7 Å². The summed E-state index contributed by atoms with van der Waals surface area (Å²) in [6.07, 6.45) is 0. The van der Waals surface area contributed by atoms with Crippen LogP contribution in [-0.4, -0.2) is 39.8 Å². The maximum Gasteiger partial charge on any atom is 0.240 e. The van der Waals surface area contributed by atoms with Gasteiger partial charge in [-0.3, -0.25) is 4.79 Å². The van der Waals surface area contributed by atoms with E-state index >= 15 is 0 Å². The molecule has 3 aromatic carbocycles. The summed E-state index contributed by atoms with van der Waals surface area (Å²) < 4.78 is 32.2. The molecule has 6 nitrogen and oxygen atoms in total. The van der Waals surface area contributed by atoms with Crippen LogP contribution in [-0.2, 0) is 19.6 Å². The number of amides is 1. The molecule has 1 amide bonds. The number of fused-ring (bicyclic) bond motifs is 1. The van der Waals surface area contributed by atoms with Gasteiger partial charge in [-0.2, -0.15) is 0 Å². The van der Waals surface area contributed by atoms with Crippen molar-refractivity contribution in [2.24, 2.45) is 0 Å². The molecule has 0 fully saturated rings. The molecule has 0 spiro atoms. The Labute approximate surface area is 181 Å². The van der Waals surface area contributed by atoms with E-state index in [-0.39, 0.29) is 29.2 Å². The van der Waals surface area contributed by atoms with Crippen molar-refractivity contribution >= 4 is 44.2 Å². The third kappa shape index (κ3) is 6.06. The van der Waals surface area contributed by atoms with Crippen molar-refractivity contribution in [3.05, 3.63) is 66.7 Å². The van der Waals surface area contributed by atoms with Gasteiger partial charge in [0.2, 0.25) is 15.9 Å². The molecule has 2 N–H and O–H groups in total. The molecule has 0 saturated carbocycles. The van der Waals surface area contributed by atoms with E-state index in [4.69, 9.17) is 4.74 Å². The fourth-order valence-corrected chi connectivity index (χ4v) is 4.91. The molecule has 158 valence electrons. The van der Waals surface area contributed by atoms with Crippen LogP contribution in [0.25, 0.3) is 10.8 Å². The molecule has 0 aromatic heterocycles. The van der Waals surface area contributed by atoms with E-state index in [9.17, 15) is 13.2 Å². The van der Waals surface area contributed by atoms with Crippen LogP contribution in [0.3, 0.4) is 0 Å². The van der Waals surface area contributed by atoms with Crippen LogP contribution in [0.1, 0.15) is 6.92 Å². The largest absolute Gasteiger partial charge is 0.383 e. The number of benzene rings is 3. The molecule has 3 aromatic rings. The summed E-state index contributed by atoms with van der Waals surface area (Å²) in [7, 11) is -2.12. The SMILES string of the molecule is COCC(C)NS(=O)(=O)c1ccc(NC(=O)CSc2ccc3ccccc3c2)cc1. The molecular formula is C22H24N2O4S2. The summed E-state index contributed by atoms with van der Waals surface area (Å²) in [5.41, 5.74) is 0.544. The zero-order valence-electron chi connectivity index (χ0n) is 16.8. The van der Waals surface area contributed by atoms with Gasteiger partial charge in [-0.1, -0.05) is 30.3 Å². The van der Waals surface area contributed by atoms with E-state index in [1.165, 1.54) is 31.0 Å². The molecule has 0 saturated heterocycles. The van der Waals surface area contributed by atoms with Gasteiger partial charge in [0.25, 0.3) is 0 Å². The monoisotopic (exact) mass is 444 g/mol. The predicted octanol–water partition coefficient (Wildman–Crippen LogP) is 3.88. The highest BCUT2D eigenvalue weighted by Gasteiger charge is 2.17. The Kier molecular flexibility index (Phi) is 7.49. The average molecular weight is 445 g/mol. The summed E-state index contributed by atoms with van der Waals surface area (Å²) in [6, 6.07) is 19.9. The topological polar surface area (TPSA) is 84.5 Å². The molecule has 0 bridgehead atoms. The van der Waals surface area contributed by atoms with E-state index < -0.39 is 10.0 Å². The number of ether oxygens (including phenoxy) is 1. The number of carbonyl (C=O) groups excluding carboxylic acids is 1. The number of anilines is 1. The Morgan fingerprint density at radius 1 is 1.03 bits per heavy atom. The molecule has 8 heteroatoms. The number of nitrogens with one attached hydrogen (secondary N) is 2. The van der Waals surface area contributed by atoms with E-state index in [0.29, 0.717) is 5.69 Å². The van der Waals surface area contributed by atoms with Crippen LogP contribution in [0, 0.1) is 0 Å². The van der Waals surface area contributed by atoms with Gasteiger partial charge in [-0.15, -0.1) is 11.8 Å². The maximum absolute atomic E-state index is 12.3. The van der Waals surface area contributed by atoms with Gasteiger partial charge in [0, 0.05) is 23.7 Å². The molecule has 1 unspecified atom stereocenters. The van der Waals surface area contributed by atoms with Crippen molar-refractivity contribution in [2.45, 2.75) is 22.8 Å². The van der Waals surface area contributed by atoms with Crippen LogP contribution >= 0.6 is 11.8 Å². The molecule has 0 aliphatic rings. The maximum atomic E-state index is 12.3. The van der Waals surface area contributed by atoms with E-state index in [1.807, 2.05) is 36.4 Å². The number of sulfonamides is 1. The van der Waals surface area contributed by atoms with Gasteiger partial charge in [0.1, 0.15) is 0 Å². The summed E-state index contributed by atoms with van der Waals surface area (Å²) in [4.78, 5) is 13.4. The highest BCUT2D eigenvalue weighted by molar-refractivity contribution is 8.00. The van der Waals surface area contributed by atoms with Crippen molar-refractivity contribution in [2.75, 3.05) is 24.8 Å². The fraction of sp³-hybridized carbons (Fsp3) is 0.227. The summed E-state index contributed by atoms with van der Waals surface area (Å²) in [5.74, 6) is 0.102. The Morgan fingerprint density at radius 2 is 1.73 bits per heavy atom. The zero-order valence-corrected chi connectivity index (χ0v) is 18.4. The molecule has 1 atom stereocenters. The van der Waals surface area contributed by atoms with Crippen LogP contribution < -0.4 is 10.0 Å². The van der Waals surface area contributed by atoms with Gasteiger partial charge in [-0.05, 0) is 54.1 Å². The first-order valence-electron chi connectivity index (χ1n) is 9.40. The molecule has 3 rings (SSSR count). The number of thioether (sulfide) groups is 1. The minimum atomic E-state index is -3.64. The highest BCUT2D eigenvalue weighted by Crippen LogP contribution is 2.24. The van der Waals surface area contributed by atoms with E-state index in [2.05, 4.69) is 16.1 Å². The highest BCUT2D eigenvalue weighted by atomic mass is 32.2. The van der Waals surface area contributed by atoms with Gasteiger partial charge >= 0.3 is 0 Å². The first kappa shape index (κ1) is 22.3. The van der Waals surface area contributed by atoms with Gasteiger partial charge in [0.15, 0.2) is 0 Å². The van der Waals surface area contributed by atoms with Crippen LogP contribution in [0.5, 0.6) is 0 Å². The molecule has 0 heterocycles. The summed E-state index contributed by atoms with van der Waals surface area (Å²) >= 11 is 1.45. The lowest BCUT2D eigenvalue weighted by atomic mass is 10.1. The average Bonchev–Trinajstić information content (AvgIpc) is 2.72. The molecule has 0 aliphatic carbocycles. The Balaban J connectivity index is 1.56. The minimum Gasteiger partial charge on any atom is -0.383 e. The van der Waals surface area contributed by atoms with Crippen molar-refractivity contribution in [1.82, 2.24) is 4.72 Å². The lowest BCUT2D eigenvalue weighted by Gasteiger charge is -2.13. The zero-order chi connectivity index (χ0) is 21.6. The third-order valence-electron chi connectivity index (χ3n) is 4.31. The summed E-state index contributed by atoms with van der Waals surface area (Å²) in [5, 5.41) is 5.09. The first-order valence-corrected chi connectivity index (χ1v) is 11.9. The quantitative estimate of drug-likeness (QED) is 0.489. The number of carbonyl (C=O) groups is 1. The van der Waals surface area contributed by atoms with Gasteiger partial charge in [0.05, 0.1) is 17.3 Å². The second-order valence-corrected chi connectivity index (χ2v) is 9.61. The standard InChI is InChI=1S/C22H24N2O4S2/c1-16(14-28-2)24-30(26,27)21-11-8-19(9-12-21)23-22(25)15-29-20-10-7-17-5-3-4-6-18(17)13-20/h3-13,16,24H,14-15H2,1-2H3,(H,23,25). The number of hydrogen-bond donors (Lipinski definition) is 2. The van der Waals surface area contributed by atoms with Crippen LogP contribution in [0.2, 0.25) is 0 Å². The first-order chi connectivity index (χ1) is 14.4. The Morgan fingerprint density at radius 3 is 2.43 bits per heavy atom. The van der Waals surface area contributed by atoms with Crippen LogP contribution in [0.4, 0.5) is 5.69 Å². The second kappa shape index (κ2) is 10.1. The second-order valence-electron chi connectivity index (χ2n) is 6.85. The third-order valence-corrected chi connectivity index (χ3v) is 6.91. The lowest BCUT2D eigenvalue weighted by Crippen LogP contribution is -2.35. The number of methoxy groups -OCH3 is 1. The van der Waals surface area contributed by atoms with Crippen molar-refractivity contribution in [3.63, 3.8) is 0 Å². The summed E-state index contributed by atoms with van der Waals surface area (Å²) in [6.45, 7) is 2.01. The van der Waals surface area contributed by atoms with Crippen molar-refractivity contribution in [1.29, 1.82) is 0 Å². The minimum absolute atomic E-state index is 0.133. The molecule has 0 aliphatic heterocycles. The lowest BCUT2D eigenvalue weighted by molar-refractivity contribution is -0.113. The van der Waals surface area contributed by atoms with Gasteiger partial charge in [-0.25, -0.2) is 13.1 Å². The fourth-order valence-electron chi connectivity index (χ4n) is 2.94. The number of hydrogen-bond acceptors (Lipinski definition) is 5. The van der Waals surface area contributed by atoms with Gasteiger partial charge < -0.3 is 10.1 Å². The predicted molar refractivity (Wildman–Crippen MR) is 121 cm³/mol. The van der Waals surface area contributed by atoms with Crippen molar-refractivity contribution < 1.29 is 17.9 Å². The Bertz CT molecular complexity index is 1120. The smallest absolute Gasteiger partial charge is 0.240 e. The molecule has 0 radical (unpaired) electrons. The van der Waals surface area contributed by atoms with Crippen LogP contribution in [0.15, 0.2) is 76.5 Å². The van der Waals surface area contributed by atoms with Crippen molar-refractivity contribution in [3.8, 4) is 0 Å².